The minimum absolute atomic E-state index is 0.221. The van der Waals surface area contributed by atoms with Gasteiger partial charge in [-0.15, -0.1) is 0 Å². The molecule has 0 aromatic heterocycles. The van der Waals surface area contributed by atoms with E-state index in [1.165, 1.54) is 37.7 Å². The molecule has 2 fully saturated rings. The molecule has 4 rings (SSSR count). The molecule has 3 heteroatoms. The highest BCUT2D eigenvalue weighted by atomic mass is 16.2. The lowest BCUT2D eigenvalue weighted by molar-refractivity contribution is 0.00135. The number of nitrogens with zero attached hydrogens (tertiary/aromatic N) is 2. The van der Waals surface area contributed by atoms with Crippen molar-refractivity contribution >= 4 is 5.91 Å². The van der Waals surface area contributed by atoms with Gasteiger partial charge in [-0.2, -0.15) is 0 Å². The zero-order chi connectivity index (χ0) is 14.6. The topological polar surface area (TPSA) is 23.6 Å². The summed E-state index contributed by atoms with van der Waals surface area (Å²) >= 11 is 0. The summed E-state index contributed by atoms with van der Waals surface area (Å²) in [5.74, 6) is 0.221. The molecule has 0 radical (unpaired) electrons. The molecule has 3 aliphatic rings. The van der Waals surface area contributed by atoms with E-state index in [0.29, 0.717) is 12.1 Å². The SMILES string of the molecule is C[C@H]1CN(C2CCCCC2)[C@]2(C)c3ccccc3C(=O)N12. The number of carbonyl (C=O) groups excluding carboxylic acids is 1. The number of benzene rings is 1. The van der Waals surface area contributed by atoms with E-state index in [1.54, 1.807) is 0 Å². The van der Waals surface area contributed by atoms with Gasteiger partial charge in [-0.1, -0.05) is 37.5 Å². The second-order valence-electron chi connectivity index (χ2n) is 7.03. The Morgan fingerprint density at radius 3 is 2.62 bits per heavy atom. The van der Waals surface area contributed by atoms with E-state index in [1.807, 2.05) is 12.1 Å². The highest BCUT2D eigenvalue weighted by Crippen LogP contribution is 2.49. The molecule has 0 spiro atoms. The van der Waals surface area contributed by atoms with E-state index in [-0.39, 0.29) is 11.6 Å². The number of fused-ring (bicyclic) bond motifs is 3. The monoisotopic (exact) mass is 284 g/mol. The van der Waals surface area contributed by atoms with E-state index in [0.717, 1.165) is 12.1 Å². The predicted molar refractivity (Wildman–Crippen MR) is 83.0 cm³/mol. The van der Waals surface area contributed by atoms with Gasteiger partial charge in [0.25, 0.3) is 5.91 Å². The first kappa shape index (κ1) is 13.3. The van der Waals surface area contributed by atoms with Crippen molar-refractivity contribution in [2.75, 3.05) is 6.54 Å². The lowest BCUT2D eigenvalue weighted by Gasteiger charge is -2.43. The van der Waals surface area contributed by atoms with Crippen LogP contribution < -0.4 is 0 Å². The standard InChI is InChI=1S/C18H24N2O/c1-13-12-19(14-8-4-3-5-9-14)18(2)16-11-7-6-10-15(16)17(21)20(13)18/h6-7,10-11,13-14H,3-5,8-9,12H2,1-2H3/t13-,18-/m0/s1. The Balaban J connectivity index is 1.80. The first-order valence-electron chi connectivity index (χ1n) is 8.34. The molecule has 2 aliphatic heterocycles. The molecule has 1 amide bonds. The number of hydrogen-bond acceptors (Lipinski definition) is 2. The van der Waals surface area contributed by atoms with Gasteiger partial charge in [0.05, 0.1) is 0 Å². The van der Waals surface area contributed by atoms with Crippen LogP contribution in [0.5, 0.6) is 0 Å². The van der Waals surface area contributed by atoms with Crippen molar-refractivity contribution in [1.82, 2.24) is 9.80 Å². The second-order valence-corrected chi connectivity index (χ2v) is 7.03. The highest BCUT2D eigenvalue weighted by molar-refractivity contribution is 6.00. The fraction of sp³-hybridized carbons (Fsp3) is 0.611. The molecule has 1 aliphatic carbocycles. The summed E-state index contributed by atoms with van der Waals surface area (Å²) in [7, 11) is 0. The summed E-state index contributed by atoms with van der Waals surface area (Å²) in [6, 6.07) is 9.14. The minimum atomic E-state index is -0.227. The summed E-state index contributed by atoms with van der Waals surface area (Å²) in [4.78, 5) is 17.6. The normalized spacial score (nSPS) is 33.3. The molecule has 2 heterocycles. The maximum Gasteiger partial charge on any atom is 0.256 e. The van der Waals surface area contributed by atoms with E-state index in [9.17, 15) is 4.79 Å². The third-order valence-electron chi connectivity index (χ3n) is 5.83. The Labute approximate surface area is 126 Å². The zero-order valence-electron chi connectivity index (χ0n) is 13.0. The fourth-order valence-electron chi connectivity index (χ4n) is 4.90. The van der Waals surface area contributed by atoms with Crippen LogP contribution in [-0.4, -0.2) is 34.3 Å². The first-order valence-corrected chi connectivity index (χ1v) is 8.34. The number of carbonyl (C=O) groups is 1. The van der Waals surface area contributed by atoms with Gasteiger partial charge in [0, 0.05) is 29.8 Å². The maximum atomic E-state index is 12.8. The quantitative estimate of drug-likeness (QED) is 0.789. The van der Waals surface area contributed by atoms with Crippen LogP contribution in [0.1, 0.15) is 61.9 Å². The van der Waals surface area contributed by atoms with Crippen molar-refractivity contribution in [2.45, 2.75) is 63.7 Å². The molecule has 0 N–H and O–H groups in total. The van der Waals surface area contributed by atoms with Crippen LogP contribution in [0.15, 0.2) is 24.3 Å². The van der Waals surface area contributed by atoms with Crippen LogP contribution >= 0.6 is 0 Å². The predicted octanol–water partition coefficient (Wildman–Crippen LogP) is 3.35. The second kappa shape index (κ2) is 4.57. The van der Waals surface area contributed by atoms with Crippen molar-refractivity contribution < 1.29 is 4.79 Å². The summed E-state index contributed by atoms with van der Waals surface area (Å²) in [5.41, 5.74) is 1.90. The van der Waals surface area contributed by atoms with Gasteiger partial charge in [-0.3, -0.25) is 9.69 Å². The van der Waals surface area contributed by atoms with Crippen LogP contribution in [0.25, 0.3) is 0 Å². The molecule has 1 saturated carbocycles. The van der Waals surface area contributed by atoms with Crippen LogP contribution in [0.2, 0.25) is 0 Å². The Bertz CT molecular complexity index is 578. The summed E-state index contributed by atoms with van der Waals surface area (Å²) in [6.07, 6.45) is 6.61. The third kappa shape index (κ3) is 1.67. The molecular formula is C18H24N2O. The molecule has 112 valence electrons. The van der Waals surface area contributed by atoms with Gasteiger partial charge in [0.1, 0.15) is 5.66 Å². The molecule has 21 heavy (non-hydrogen) atoms. The van der Waals surface area contributed by atoms with Gasteiger partial charge < -0.3 is 4.90 Å². The third-order valence-corrected chi connectivity index (χ3v) is 5.83. The molecule has 0 unspecified atom stereocenters. The molecule has 3 nitrogen and oxygen atoms in total. The van der Waals surface area contributed by atoms with Crippen molar-refractivity contribution in [3.8, 4) is 0 Å². The van der Waals surface area contributed by atoms with Crippen LogP contribution in [0.3, 0.4) is 0 Å². The molecule has 1 aromatic rings. The average Bonchev–Trinajstić information content (AvgIpc) is 2.92. The molecular weight excluding hydrogens is 260 g/mol. The van der Waals surface area contributed by atoms with Gasteiger partial charge in [-0.25, -0.2) is 0 Å². The van der Waals surface area contributed by atoms with Gasteiger partial charge in [0.2, 0.25) is 0 Å². The molecule has 1 saturated heterocycles. The smallest absolute Gasteiger partial charge is 0.256 e. The lowest BCUT2D eigenvalue weighted by Crippen LogP contribution is -2.50. The fourth-order valence-corrected chi connectivity index (χ4v) is 4.90. The number of rotatable bonds is 1. The Kier molecular flexibility index (Phi) is 2.90. The molecule has 0 bridgehead atoms. The number of amides is 1. The van der Waals surface area contributed by atoms with E-state index < -0.39 is 0 Å². The van der Waals surface area contributed by atoms with Crippen molar-refractivity contribution in [1.29, 1.82) is 0 Å². The minimum Gasteiger partial charge on any atom is -0.312 e. The van der Waals surface area contributed by atoms with Crippen LogP contribution in [-0.2, 0) is 5.66 Å². The maximum absolute atomic E-state index is 12.8. The summed E-state index contributed by atoms with van der Waals surface area (Å²) < 4.78 is 0. The first-order chi connectivity index (χ1) is 10.1. The van der Waals surface area contributed by atoms with Gasteiger partial charge >= 0.3 is 0 Å². The van der Waals surface area contributed by atoms with E-state index >= 15 is 0 Å². The average molecular weight is 284 g/mol. The Hall–Kier alpha value is -1.35. The lowest BCUT2D eigenvalue weighted by atomic mass is 9.90. The zero-order valence-corrected chi connectivity index (χ0v) is 13.0. The summed E-state index contributed by atoms with van der Waals surface area (Å²) in [6.45, 7) is 5.47. The highest BCUT2D eigenvalue weighted by Gasteiger charge is 2.57. The summed E-state index contributed by atoms with van der Waals surface area (Å²) in [5, 5.41) is 0. The van der Waals surface area contributed by atoms with Crippen molar-refractivity contribution in [3.63, 3.8) is 0 Å². The number of hydrogen-bond donors (Lipinski definition) is 0. The van der Waals surface area contributed by atoms with Crippen LogP contribution in [0.4, 0.5) is 0 Å². The van der Waals surface area contributed by atoms with E-state index in [4.69, 9.17) is 0 Å². The van der Waals surface area contributed by atoms with Crippen molar-refractivity contribution in [3.05, 3.63) is 35.4 Å². The van der Waals surface area contributed by atoms with Crippen LogP contribution in [0, 0.1) is 0 Å². The Morgan fingerprint density at radius 1 is 1.14 bits per heavy atom. The molecule has 1 aromatic carbocycles. The van der Waals surface area contributed by atoms with E-state index in [2.05, 4.69) is 35.8 Å². The molecule has 2 atom stereocenters. The van der Waals surface area contributed by atoms with Crippen molar-refractivity contribution in [2.24, 2.45) is 0 Å². The van der Waals surface area contributed by atoms with Gasteiger partial charge in [0.15, 0.2) is 0 Å². The van der Waals surface area contributed by atoms with Gasteiger partial charge in [-0.05, 0) is 32.8 Å². The largest absolute Gasteiger partial charge is 0.312 e. The Morgan fingerprint density at radius 2 is 1.86 bits per heavy atom.